The molecule has 0 spiro atoms. The van der Waals surface area contributed by atoms with Gasteiger partial charge in [-0.15, -0.1) is 0 Å². The number of carbonyl (C=O) groups excluding carboxylic acids is 1. The fraction of sp³-hybridized carbons (Fsp3) is 0.364. The van der Waals surface area contributed by atoms with Crippen LogP contribution in [0.2, 0.25) is 0 Å². The van der Waals surface area contributed by atoms with Crippen LogP contribution in [-0.2, 0) is 13.1 Å². The number of rotatable bonds is 2. The molecular formula is C11H14N2O. The van der Waals surface area contributed by atoms with Gasteiger partial charge in [-0.05, 0) is 30.2 Å². The average molecular weight is 190 g/mol. The van der Waals surface area contributed by atoms with E-state index in [4.69, 9.17) is 0 Å². The zero-order valence-corrected chi connectivity index (χ0v) is 8.26. The molecule has 3 nitrogen and oxygen atoms in total. The zero-order valence-electron chi connectivity index (χ0n) is 8.26. The van der Waals surface area contributed by atoms with Gasteiger partial charge in [0.15, 0.2) is 0 Å². The van der Waals surface area contributed by atoms with Crippen molar-refractivity contribution in [2.24, 2.45) is 0 Å². The number of amides is 1. The topological polar surface area (TPSA) is 41.1 Å². The maximum atomic E-state index is 11.5. The van der Waals surface area contributed by atoms with Crippen molar-refractivity contribution in [1.82, 2.24) is 10.6 Å². The highest BCUT2D eigenvalue weighted by Gasteiger charge is 2.12. The number of hydrogen-bond donors (Lipinski definition) is 2. The Bertz CT molecular complexity index is 360. The van der Waals surface area contributed by atoms with Crippen molar-refractivity contribution in [3.8, 4) is 0 Å². The highest BCUT2D eigenvalue weighted by Crippen LogP contribution is 2.16. The van der Waals surface area contributed by atoms with Crippen LogP contribution in [0.5, 0.6) is 0 Å². The van der Waals surface area contributed by atoms with Gasteiger partial charge in [0.25, 0.3) is 5.91 Å². The minimum atomic E-state index is 0.0159. The highest BCUT2D eigenvalue weighted by molar-refractivity contribution is 5.94. The van der Waals surface area contributed by atoms with E-state index in [9.17, 15) is 4.79 Å². The molecule has 0 radical (unpaired) electrons. The van der Waals surface area contributed by atoms with Crippen LogP contribution in [0, 0.1) is 0 Å². The Labute approximate surface area is 83.5 Å². The van der Waals surface area contributed by atoms with E-state index in [2.05, 4.69) is 10.6 Å². The fourth-order valence-electron chi connectivity index (χ4n) is 1.70. The second kappa shape index (κ2) is 3.80. The van der Waals surface area contributed by atoms with E-state index in [1.54, 1.807) is 0 Å². The maximum Gasteiger partial charge on any atom is 0.251 e. The SMILES string of the molecule is CCNC(=O)c1ccc2c(c1)CNC2. The molecule has 0 aliphatic carbocycles. The Morgan fingerprint density at radius 2 is 2.21 bits per heavy atom. The van der Waals surface area contributed by atoms with Crippen LogP contribution in [0.3, 0.4) is 0 Å². The zero-order chi connectivity index (χ0) is 9.97. The van der Waals surface area contributed by atoms with Gasteiger partial charge in [0.05, 0.1) is 0 Å². The number of nitrogens with one attached hydrogen (secondary N) is 2. The van der Waals surface area contributed by atoms with E-state index in [1.807, 2.05) is 25.1 Å². The normalized spacial score (nSPS) is 13.8. The molecule has 2 N–H and O–H groups in total. The van der Waals surface area contributed by atoms with E-state index >= 15 is 0 Å². The molecule has 2 rings (SSSR count). The van der Waals surface area contributed by atoms with E-state index in [1.165, 1.54) is 11.1 Å². The predicted molar refractivity (Wildman–Crippen MR) is 55.0 cm³/mol. The third-order valence-corrected chi connectivity index (χ3v) is 2.44. The summed E-state index contributed by atoms with van der Waals surface area (Å²) >= 11 is 0. The summed E-state index contributed by atoms with van der Waals surface area (Å²) in [5, 5.41) is 6.05. The molecule has 1 aliphatic rings. The van der Waals surface area contributed by atoms with Crippen molar-refractivity contribution in [2.75, 3.05) is 6.54 Å². The van der Waals surface area contributed by atoms with Gasteiger partial charge in [0, 0.05) is 25.2 Å². The fourth-order valence-corrected chi connectivity index (χ4v) is 1.70. The number of carbonyl (C=O) groups is 1. The van der Waals surface area contributed by atoms with E-state index in [0.717, 1.165) is 18.7 Å². The third kappa shape index (κ3) is 1.63. The molecule has 0 atom stereocenters. The number of hydrogen-bond acceptors (Lipinski definition) is 2. The largest absolute Gasteiger partial charge is 0.352 e. The molecule has 0 bridgehead atoms. The standard InChI is InChI=1S/C11H14N2O/c1-2-13-11(14)8-3-4-9-6-12-7-10(9)5-8/h3-5,12H,2,6-7H2,1H3,(H,13,14). The molecule has 0 fully saturated rings. The first-order valence-electron chi connectivity index (χ1n) is 4.92. The third-order valence-electron chi connectivity index (χ3n) is 2.44. The molecule has 1 amide bonds. The van der Waals surface area contributed by atoms with Gasteiger partial charge in [0.1, 0.15) is 0 Å². The molecule has 0 saturated heterocycles. The molecule has 1 aliphatic heterocycles. The summed E-state index contributed by atoms with van der Waals surface area (Å²) in [6.07, 6.45) is 0. The number of fused-ring (bicyclic) bond motifs is 1. The lowest BCUT2D eigenvalue weighted by Gasteiger charge is -2.04. The lowest BCUT2D eigenvalue weighted by Crippen LogP contribution is -2.22. The lowest BCUT2D eigenvalue weighted by molar-refractivity contribution is 0.0956. The van der Waals surface area contributed by atoms with Crippen LogP contribution in [0.25, 0.3) is 0 Å². The van der Waals surface area contributed by atoms with Crippen LogP contribution < -0.4 is 10.6 Å². The number of benzene rings is 1. The summed E-state index contributed by atoms with van der Waals surface area (Å²) in [4.78, 5) is 11.5. The second-order valence-electron chi connectivity index (χ2n) is 3.45. The monoisotopic (exact) mass is 190 g/mol. The van der Waals surface area contributed by atoms with Crippen molar-refractivity contribution >= 4 is 5.91 Å². The molecule has 0 saturated carbocycles. The van der Waals surface area contributed by atoms with E-state index in [0.29, 0.717) is 6.54 Å². The maximum absolute atomic E-state index is 11.5. The van der Waals surface area contributed by atoms with Crippen LogP contribution in [0.1, 0.15) is 28.4 Å². The molecule has 0 unspecified atom stereocenters. The minimum absolute atomic E-state index is 0.0159. The summed E-state index contributed by atoms with van der Waals surface area (Å²) in [5.41, 5.74) is 3.31. The summed E-state index contributed by atoms with van der Waals surface area (Å²) in [7, 11) is 0. The molecule has 1 aromatic carbocycles. The second-order valence-corrected chi connectivity index (χ2v) is 3.45. The Balaban J connectivity index is 2.24. The smallest absolute Gasteiger partial charge is 0.251 e. The lowest BCUT2D eigenvalue weighted by atomic mass is 10.1. The van der Waals surface area contributed by atoms with E-state index < -0.39 is 0 Å². The van der Waals surface area contributed by atoms with Crippen LogP contribution in [0.4, 0.5) is 0 Å². The predicted octanol–water partition coefficient (Wildman–Crippen LogP) is 1.04. The van der Waals surface area contributed by atoms with Crippen LogP contribution in [0.15, 0.2) is 18.2 Å². The van der Waals surface area contributed by atoms with Crippen molar-refractivity contribution in [1.29, 1.82) is 0 Å². The summed E-state index contributed by atoms with van der Waals surface area (Å²) in [6.45, 7) is 4.40. The average Bonchev–Trinajstić information content (AvgIpc) is 2.64. The van der Waals surface area contributed by atoms with Gasteiger partial charge in [0.2, 0.25) is 0 Å². The first-order valence-corrected chi connectivity index (χ1v) is 4.92. The Morgan fingerprint density at radius 1 is 1.43 bits per heavy atom. The first-order chi connectivity index (χ1) is 6.81. The van der Waals surface area contributed by atoms with Gasteiger partial charge in [-0.2, -0.15) is 0 Å². The molecule has 74 valence electrons. The quantitative estimate of drug-likeness (QED) is 0.731. The molecule has 3 heteroatoms. The molecule has 14 heavy (non-hydrogen) atoms. The Morgan fingerprint density at radius 3 is 3.00 bits per heavy atom. The minimum Gasteiger partial charge on any atom is -0.352 e. The summed E-state index contributed by atoms with van der Waals surface area (Å²) < 4.78 is 0. The van der Waals surface area contributed by atoms with Gasteiger partial charge >= 0.3 is 0 Å². The Hall–Kier alpha value is -1.35. The van der Waals surface area contributed by atoms with Crippen molar-refractivity contribution in [3.63, 3.8) is 0 Å². The molecule has 0 aromatic heterocycles. The van der Waals surface area contributed by atoms with Gasteiger partial charge in [-0.25, -0.2) is 0 Å². The summed E-state index contributed by atoms with van der Waals surface area (Å²) in [5.74, 6) is 0.0159. The van der Waals surface area contributed by atoms with Crippen LogP contribution >= 0.6 is 0 Å². The molecule has 1 heterocycles. The first kappa shape index (κ1) is 9.21. The van der Waals surface area contributed by atoms with Gasteiger partial charge in [-0.3, -0.25) is 4.79 Å². The van der Waals surface area contributed by atoms with Crippen molar-refractivity contribution in [3.05, 3.63) is 34.9 Å². The van der Waals surface area contributed by atoms with Gasteiger partial charge < -0.3 is 10.6 Å². The van der Waals surface area contributed by atoms with Crippen LogP contribution in [-0.4, -0.2) is 12.5 Å². The van der Waals surface area contributed by atoms with Crippen molar-refractivity contribution in [2.45, 2.75) is 20.0 Å². The van der Waals surface area contributed by atoms with Gasteiger partial charge in [-0.1, -0.05) is 6.07 Å². The summed E-state index contributed by atoms with van der Waals surface area (Å²) in [6, 6.07) is 5.89. The highest BCUT2D eigenvalue weighted by atomic mass is 16.1. The van der Waals surface area contributed by atoms with Crippen molar-refractivity contribution < 1.29 is 4.79 Å². The Kier molecular flexibility index (Phi) is 2.50. The molecular weight excluding hydrogens is 176 g/mol. The molecule has 1 aromatic rings. The van der Waals surface area contributed by atoms with E-state index in [-0.39, 0.29) is 5.91 Å².